The first kappa shape index (κ1) is 15.2. The highest BCUT2D eigenvalue weighted by molar-refractivity contribution is 6.07. The number of nitrogens with zero attached hydrogens (tertiary/aromatic N) is 1. The molecule has 0 radical (unpaired) electrons. The fourth-order valence-corrected chi connectivity index (χ4v) is 2.95. The molecular formula is C18H17FN2O2. The Bertz CT molecular complexity index is 748. The normalized spacial score (nSPS) is 20.7. The molecule has 1 atom stereocenters. The molecule has 3 amide bonds. The Morgan fingerprint density at radius 1 is 1.09 bits per heavy atom. The third-order valence-electron chi connectivity index (χ3n) is 4.20. The van der Waals surface area contributed by atoms with Crippen LogP contribution in [-0.4, -0.2) is 16.8 Å². The van der Waals surface area contributed by atoms with Crippen LogP contribution in [0.3, 0.4) is 0 Å². The van der Waals surface area contributed by atoms with Gasteiger partial charge in [-0.15, -0.1) is 0 Å². The molecule has 1 unspecified atom stereocenters. The van der Waals surface area contributed by atoms with Crippen LogP contribution in [0.1, 0.15) is 24.5 Å². The fourth-order valence-electron chi connectivity index (χ4n) is 2.95. The topological polar surface area (TPSA) is 49.4 Å². The van der Waals surface area contributed by atoms with E-state index in [1.54, 1.807) is 12.1 Å². The summed E-state index contributed by atoms with van der Waals surface area (Å²) >= 11 is 0. The van der Waals surface area contributed by atoms with E-state index in [0.29, 0.717) is 12.0 Å². The largest absolute Gasteiger partial charge is 0.325 e. The molecule has 3 rings (SSSR count). The number of halogens is 1. The molecule has 0 spiro atoms. The molecular weight excluding hydrogens is 295 g/mol. The molecule has 118 valence electrons. The summed E-state index contributed by atoms with van der Waals surface area (Å²) < 4.78 is 13.3. The third kappa shape index (κ3) is 2.59. The lowest BCUT2D eigenvalue weighted by Gasteiger charge is -2.25. The van der Waals surface area contributed by atoms with Gasteiger partial charge in [0.1, 0.15) is 11.4 Å². The van der Waals surface area contributed by atoms with E-state index in [1.165, 1.54) is 12.1 Å². The molecule has 4 nitrogen and oxygen atoms in total. The van der Waals surface area contributed by atoms with Crippen molar-refractivity contribution >= 4 is 11.9 Å². The minimum Gasteiger partial charge on any atom is -0.319 e. The maximum atomic E-state index is 13.3. The highest BCUT2D eigenvalue weighted by Gasteiger charge is 2.50. The number of imide groups is 1. The highest BCUT2D eigenvalue weighted by atomic mass is 19.1. The molecule has 23 heavy (non-hydrogen) atoms. The molecule has 0 aromatic heterocycles. The zero-order chi connectivity index (χ0) is 16.4. The van der Waals surface area contributed by atoms with Crippen molar-refractivity contribution in [3.63, 3.8) is 0 Å². The second-order valence-electron chi connectivity index (χ2n) is 5.58. The number of rotatable bonds is 4. The van der Waals surface area contributed by atoms with E-state index < -0.39 is 11.6 Å². The van der Waals surface area contributed by atoms with Gasteiger partial charge >= 0.3 is 6.03 Å². The van der Waals surface area contributed by atoms with Crippen molar-refractivity contribution in [2.24, 2.45) is 0 Å². The molecule has 1 aliphatic rings. The predicted molar refractivity (Wildman–Crippen MR) is 83.9 cm³/mol. The van der Waals surface area contributed by atoms with E-state index in [9.17, 15) is 14.0 Å². The molecule has 0 saturated carbocycles. The van der Waals surface area contributed by atoms with Crippen molar-refractivity contribution in [1.82, 2.24) is 10.2 Å². The van der Waals surface area contributed by atoms with Crippen LogP contribution >= 0.6 is 0 Å². The summed E-state index contributed by atoms with van der Waals surface area (Å²) in [5, 5.41) is 2.81. The molecule has 1 saturated heterocycles. The average Bonchev–Trinajstić information content (AvgIpc) is 2.81. The number of benzene rings is 2. The van der Waals surface area contributed by atoms with Gasteiger partial charge in [0.25, 0.3) is 5.91 Å². The van der Waals surface area contributed by atoms with Gasteiger partial charge in [0.05, 0.1) is 6.54 Å². The quantitative estimate of drug-likeness (QED) is 0.882. The minimum absolute atomic E-state index is 0.0526. The van der Waals surface area contributed by atoms with E-state index in [-0.39, 0.29) is 18.3 Å². The van der Waals surface area contributed by atoms with E-state index in [0.717, 1.165) is 10.5 Å². The summed E-state index contributed by atoms with van der Waals surface area (Å²) in [7, 11) is 0. The van der Waals surface area contributed by atoms with Crippen LogP contribution in [0.25, 0.3) is 0 Å². The smallest absolute Gasteiger partial charge is 0.319 e. The first-order valence-electron chi connectivity index (χ1n) is 7.51. The van der Waals surface area contributed by atoms with Crippen LogP contribution in [0.15, 0.2) is 54.6 Å². The van der Waals surface area contributed by atoms with Crippen LogP contribution in [0.4, 0.5) is 9.18 Å². The lowest BCUT2D eigenvalue weighted by Crippen LogP contribution is -2.43. The summed E-state index contributed by atoms with van der Waals surface area (Å²) in [6.07, 6.45) is 0.446. The highest BCUT2D eigenvalue weighted by Crippen LogP contribution is 2.33. The Balaban J connectivity index is 1.93. The summed E-state index contributed by atoms with van der Waals surface area (Å²) in [6, 6.07) is 14.6. The molecule has 2 aromatic rings. The molecule has 5 heteroatoms. The van der Waals surface area contributed by atoms with Crippen LogP contribution < -0.4 is 5.32 Å². The monoisotopic (exact) mass is 312 g/mol. The lowest BCUT2D eigenvalue weighted by molar-refractivity contribution is -0.132. The first-order valence-corrected chi connectivity index (χ1v) is 7.51. The number of urea groups is 1. The summed E-state index contributed by atoms with van der Waals surface area (Å²) in [6.45, 7) is 1.91. The van der Waals surface area contributed by atoms with E-state index >= 15 is 0 Å². The first-order chi connectivity index (χ1) is 11.1. The van der Waals surface area contributed by atoms with Crippen molar-refractivity contribution < 1.29 is 14.0 Å². The van der Waals surface area contributed by atoms with Crippen LogP contribution in [0, 0.1) is 5.82 Å². The van der Waals surface area contributed by atoms with Gasteiger partial charge in [-0.2, -0.15) is 0 Å². The molecule has 1 N–H and O–H groups in total. The Morgan fingerprint density at radius 2 is 1.83 bits per heavy atom. The Hall–Kier alpha value is -2.69. The maximum Gasteiger partial charge on any atom is 0.325 e. The van der Waals surface area contributed by atoms with E-state index in [1.807, 2.05) is 37.3 Å². The van der Waals surface area contributed by atoms with Gasteiger partial charge in [-0.05, 0) is 29.7 Å². The van der Waals surface area contributed by atoms with Crippen LogP contribution in [0.2, 0.25) is 0 Å². The molecule has 0 bridgehead atoms. The van der Waals surface area contributed by atoms with Crippen molar-refractivity contribution in [3.05, 3.63) is 71.5 Å². The summed E-state index contributed by atoms with van der Waals surface area (Å²) in [5.41, 5.74) is 0.280. The zero-order valence-electron chi connectivity index (χ0n) is 12.8. The molecule has 0 aliphatic carbocycles. The molecule has 2 aromatic carbocycles. The van der Waals surface area contributed by atoms with Gasteiger partial charge < -0.3 is 5.32 Å². The predicted octanol–water partition coefficient (Wildman–Crippen LogP) is 3.18. The SMILES string of the molecule is CCC1(c2ccccc2)NC(=O)N(Cc2cccc(F)c2)C1=O. The lowest BCUT2D eigenvalue weighted by atomic mass is 9.87. The number of nitrogens with one attached hydrogen (secondary N) is 1. The van der Waals surface area contributed by atoms with E-state index in [4.69, 9.17) is 0 Å². The van der Waals surface area contributed by atoms with Gasteiger partial charge in [0, 0.05) is 0 Å². The van der Waals surface area contributed by atoms with Crippen LogP contribution in [0.5, 0.6) is 0 Å². The van der Waals surface area contributed by atoms with Crippen LogP contribution in [-0.2, 0) is 16.9 Å². The van der Waals surface area contributed by atoms with Gasteiger partial charge in [-0.3, -0.25) is 9.69 Å². The standard InChI is InChI=1S/C18H17FN2O2/c1-2-18(14-8-4-3-5-9-14)16(22)21(17(23)20-18)12-13-7-6-10-15(19)11-13/h3-11H,2,12H2,1H3,(H,20,23). The molecule has 1 heterocycles. The number of hydrogen-bond acceptors (Lipinski definition) is 2. The number of carbonyl (C=O) groups is 2. The molecule has 1 fully saturated rings. The number of hydrogen-bond donors (Lipinski definition) is 1. The van der Waals surface area contributed by atoms with E-state index in [2.05, 4.69) is 5.32 Å². The number of carbonyl (C=O) groups excluding carboxylic acids is 2. The van der Waals surface area contributed by atoms with Gasteiger partial charge in [0.15, 0.2) is 0 Å². The second kappa shape index (κ2) is 5.83. The van der Waals surface area contributed by atoms with Gasteiger partial charge in [0.2, 0.25) is 0 Å². The maximum absolute atomic E-state index is 13.3. The van der Waals surface area contributed by atoms with Gasteiger partial charge in [-0.1, -0.05) is 49.4 Å². The Kier molecular flexibility index (Phi) is 3.86. The minimum atomic E-state index is -1.05. The Morgan fingerprint density at radius 3 is 2.48 bits per heavy atom. The zero-order valence-corrected chi connectivity index (χ0v) is 12.8. The molecule has 1 aliphatic heterocycles. The second-order valence-corrected chi connectivity index (χ2v) is 5.58. The van der Waals surface area contributed by atoms with Gasteiger partial charge in [-0.25, -0.2) is 9.18 Å². The third-order valence-corrected chi connectivity index (χ3v) is 4.20. The fraction of sp³-hybridized carbons (Fsp3) is 0.222. The summed E-state index contributed by atoms with van der Waals surface area (Å²) in [5.74, 6) is -0.695. The Labute approximate surface area is 133 Å². The van der Waals surface area contributed by atoms with Crippen molar-refractivity contribution in [2.45, 2.75) is 25.4 Å². The van der Waals surface area contributed by atoms with Crippen molar-refractivity contribution in [1.29, 1.82) is 0 Å². The van der Waals surface area contributed by atoms with Crippen molar-refractivity contribution in [3.8, 4) is 0 Å². The number of amides is 3. The van der Waals surface area contributed by atoms with Crippen molar-refractivity contribution in [2.75, 3.05) is 0 Å². The summed E-state index contributed by atoms with van der Waals surface area (Å²) in [4.78, 5) is 26.4. The average molecular weight is 312 g/mol.